The van der Waals surface area contributed by atoms with Gasteiger partial charge in [-0.1, -0.05) is 22.6 Å². The van der Waals surface area contributed by atoms with E-state index in [4.69, 9.17) is 4.74 Å². The Morgan fingerprint density at radius 3 is 3.33 bits per heavy atom. The van der Waals surface area contributed by atoms with E-state index in [0.717, 1.165) is 32.2 Å². The first-order valence-corrected chi connectivity index (χ1v) is 4.36. The van der Waals surface area contributed by atoms with Gasteiger partial charge >= 0.3 is 0 Å². The molecule has 2 rings (SSSR count). The van der Waals surface area contributed by atoms with Crippen molar-refractivity contribution in [2.24, 2.45) is 5.92 Å². The molecule has 0 aromatic heterocycles. The number of halogens is 1. The molecule has 9 heavy (non-hydrogen) atoms. The average molecular weight is 239 g/mol. The van der Waals surface area contributed by atoms with E-state index >= 15 is 0 Å². The molecule has 1 N–H and O–H groups in total. The molecule has 0 bridgehead atoms. The normalized spacial score (nSPS) is 49.7. The summed E-state index contributed by atoms with van der Waals surface area (Å²) < 4.78 is 5.81. The van der Waals surface area contributed by atoms with Crippen LogP contribution < -0.4 is 5.32 Å². The minimum Gasteiger partial charge on any atom is -0.380 e. The van der Waals surface area contributed by atoms with Crippen molar-refractivity contribution in [2.45, 2.75) is 3.42 Å². The predicted octanol–water partition coefficient (Wildman–Crippen LogP) is 0.410. The highest BCUT2D eigenvalue weighted by molar-refractivity contribution is 14.1. The topological polar surface area (TPSA) is 21.3 Å². The summed E-state index contributed by atoms with van der Waals surface area (Å²) in [5.74, 6) is 0.776. The first kappa shape index (κ1) is 6.37. The van der Waals surface area contributed by atoms with Crippen molar-refractivity contribution in [1.29, 1.82) is 0 Å². The van der Waals surface area contributed by atoms with Crippen LogP contribution in [0.3, 0.4) is 0 Å². The van der Waals surface area contributed by atoms with Gasteiger partial charge in [0.25, 0.3) is 0 Å². The van der Waals surface area contributed by atoms with Crippen LogP contribution in [-0.2, 0) is 4.74 Å². The highest BCUT2D eigenvalue weighted by Crippen LogP contribution is 2.36. The summed E-state index contributed by atoms with van der Waals surface area (Å²) in [6.07, 6.45) is 0. The van der Waals surface area contributed by atoms with Crippen molar-refractivity contribution in [2.75, 3.05) is 26.3 Å². The van der Waals surface area contributed by atoms with Crippen LogP contribution in [0.15, 0.2) is 0 Å². The summed E-state index contributed by atoms with van der Waals surface area (Å²) in [6, 6.07) is 0. The number of nitrogens with one attached hydrogen (secondary N) is 1. The number of ether oxygens (including phenoxy) is 1. The number of hydrogen-bond donors (Lipinski definition) is 1. The monoisotopic (exact) mass is 239 g/mol. The number of fused-ring (bicyclic) bond motifs is 1. The zero-order valence-electron chi connectivity index (χ0n) is 5.19. The van der Waals surface area contributed by atoms with Crippen LogP contribution in [0, 0.1) is 5.92 Å². The van der Waals surface area contributed by atoms with E-state index in [1.54, 1.807) is 0 Å². The van der Waals surface area contributed by atoms with Crippen LogP contribution in [0.5, 0.6) is 0 Å². The van der Waals surface area contributed by atoms with Gasteiger partial charge in [0.15, 0.2) is 0 Å². The molecule has 2 saturated heterocycles. The van der Waals surface area contributed by atoms with Crippen molar-refractivity contribution in [3.63, 3.8) is 0 Å². The van der Waals surface area contributed by atoms with E-state index in [0.29, 0.717) is 3.42 Å². The van der Waals surface area contributed by atoms with Crippen LogP contribution in [0.1, 0.15) is 0 Å². The van der Waals surface area contributed by atoms with Crippen LogP contribution in [-0.4, -0.2) is 29.7 Å². The molecule has 2 aliphatic rings. The molecule has 0 aromatic rings. The van der Waals surface area contributed by atoms with Gasteiger partial charge in [0.2, 0.25) is 0 Å². The second-order valence-electron chi connectivity index (χ2n) is 2.88. The molecule has 2 fully saturated rings. The second-order valence-corrected chi connectivity index (χ2v) is 5.03. The van der Waals surface area contributed by atoms with E-state index in [2.05, 4.69) is 27.9 Å². The van der Waals surface area contributed by atoms with Gasteiger partial charge in [0.1, 0.15) is 0 Å². The van der Waals surface area contributed by atoms with E-state index in [-0.39, 0.29) is 0 Å². The smallest absolute Gasteiger partial charge is 0.0641 e. The van der Waals surface area contributed by atoms with E-state index < -0.39 is 0 Å². The summed E-state index contributed by atoms with van der Waals surface area (Å²) in [5.41, 5.74) is 0. The summed E-state index contributed by atoms with van der Waals surface area (Å²) in [4.78, 5) is 0. The Bertz CT molecular complexity index is 118. The molecule has 0 aromatic carbocycles. The van der Waals surface area contributed by atoms with Gasteiger partial charge in [-0.05, 0) is 0 Å². The van der Waals surface area contributed by atoms with Gasteiger partial charge in [-0.3, -0.25) is 0 Å². The minimum atomic E-state index is 0.442. The third-order valence-corrected chi connectivity index (χ3v) is 3.78. The predicted molar refractivity (Wildman–Crippen MR) is 43.9 cm³/mol. The largest absolute Gasteiger partial charge is 0.380 e. The Labute approximate surface area is 68.5 Å². The lowest BCUT2D eigenvalue weighted by molar-refractivity contribution is 0.179. The Morgan fingerprint density at radius 2 is 2.56 bits per heavy atom. The van der Waals surface area contributed by atoms with Gasteiger partial charge in [0, 0.05) is 19.0 Å². The fraction of sp³-hybridized carbons (Fsp3) is 1.00. The van der Waals surface area contributed by atoms with Crippen LogP contribution in [0.2, 0.25) is 0 Å². The third kappa shape index (κ3) is 0.897. The molecule has 52 valence electrons. The molecule has 2 aliphatic heterocycles. The summed E-state index contributed by atoms with van der Waals surface area (Å²) >= 11 is 2.53. The highest BCUT2D eigenvalue weighted by Gasteiger charge is 2.45. The quantitative estimate of drug-likeness (QED) is 0.488. The molecular formula is C6H10INO. The Hall–Kier alpha value is 0.650. The first-order valence-electron chi connectivity index (χ1n) is 3.29. The SMILES string of the molecule is I[C@]12CNCC1COC2. The van der Waals surface area contributed by atoms with Crippen molar-refractivity contribution in [3.05, 3.63) is 0 Å². The lowest BCUT2D eigenvalue weighted by Crippen LogP contribution is -2.29. The highest BCUT2D eigenvalue weighted by atomic mass is 127. The Balaban J connectivity index is 2.17. The van der Waals surface area contributed by atoms with Crippen LogP contribution in [0.25, 0.3) is 0 Å². The van der Waals surface area contributed by atoms with Crippen molar-refractivity contribution in [3.8, 4) is 0 Å². The molecule has 3 heteroatoms. The maximum Gasteiger partial charge on any atom is 0.0641 e. The van der Waals surface area contributed by atoms with E-state index in [1.807, 2.05) is 0 Å². The van der Waals surface area contributed by atoms with Crippen molar-refractivity contribution < 1.29 is 4.74 Å². The molecular weight excluding hydrogens is 229 g/mol. The minimum absolute atomic E-state index is 0.442. The van der Waals surface area contributed by atoms with Gasteiger partial charge < -0.3 is 10.1 Å². The van der Waals surface area contributed by atoms with Gasteiger partial charge in [-0.25, -0.2) is 0 Å². The summed E-state index contributed by atoms with van der Waals surface area (Å²) in [7, 11) is 0. The average Bonchev–Trinajstić information content (AvgIpc) is 2.22. The molecule has 1 unspecified atom stereocenters. The maximum atomic E-state index is 5.37. The van der Waals surface area contributed by atoms with Crippen molar-refractivity contribution in [1.82, 2.24) is 5.32 Å². The van der Waals surface area contributed by atoms with Gasteiger partial charge in [0.05, 0.1) is 16.6 Å². The molecule has 2 nitrogen and oxygen atoms in total. The Morgan fingerprint density at radius 1 is 1.67 bits per heavy atom. The molecule has 0 amide bonds. The second kappa shape index (κ2) is 2.07. The number of alkyl halides is 1. The fourth-order valence-corrected chi connectivity index (χ4v) is 2.42. The van der Waals surface area contributed by atoms with Crippen molar-refractivity contribution >= 4 is 22.6 Å². The molecule has 0 aliphatic carbocycles. The molecule has 0 radical (unpaired) electrons. The van der Waals surface area contributed by atoms with E-state index in [1.165, 1.54) is 0 Å². The summed E-state index contributed by atoms with van der Waals surface area (Å²) in [5, 5.41) is 3.38. The van der Waals surface area contributed by atoms with Gasteiger partial charge in [-0.15, -0.1) is 0 Å². The molecule has 2 heterocycles. The first-order chi connectivity index (χ1) is 4.31. The Kier molecular flexibility index (Phi) is 1.46. The molecule has 0 spiro atoms. The van der Waals surface area contributed by atoms with E-state index in [9.17, 15) is 0 Å². The fourth-order valence-electron chi connectivity index (χ4n) is 1.53. The summed E-state index contributed by atoms with van der Waals surface area (Å²) in [6.45, 7) is 4.21. The maximum absolute atomic E-state index is 5.37. The molecule has 0 saturated carbocycles. The number of hydrogen-bond acceptors (Lipinski definition) is 2. The standard InChI is InChI=1S/C6H10INO/c7-6-3-8-1-5(6)2-9-4-6/h5,8H,1-4H2/t5?,6-/m0/s1. The lowest BCUT2D eigenvalue weighted by Gasteiger charge is -2.15. The van der Waals surface area contributed by atoms with Gasteiger partial charge in [-0.2, -0.15) is 0 Å². The third-order valence-electron chi connectivity index (χ3n) is 2.20. The zero-order valence-corrected chi connectivity index (χ0v) is 7.35. The van der Waals surface area contributed by atoms with Crippen LogP contribution >= 0.6 is 22.6 Å². The zero-order chi connectivity index (χ0) is 6.32. The number of rotatable bonds is 0. The molecule has 2 atom stereocenters. The van der Waals surface area contributed by atoms with Crippen LogP contribution in [0.4, 0.5) is 0 Å². The lowest BCUT2D eigenvalue weighted by atomic mass is 10.0.